The quantitative estimate of drug-likeness (QED) is 0.0989. The molecule has 0 fully saturated rings. The van der Waals surface area contributed by atoms with Crippen LogP contribution in [0.3, 0.4) is 0 Å². The van der Waals surface area contributed by atoms with Crippen molar-refractivity contribution in [3.8, 4) is 11.4 Å². The molecule has 0 bridgehead atoms. The number of para-hydroxylation sites is 2. The van der Waals surface area contributed by atoms with E-state index < -0.39 is 7.15 Å². The van der Waals surface area contributed by atoms with Gasteiger partial charge in [-0.25, -0.2) is 0 Å². The summed E-state index contributed by atoms with van der Waals surface area (Å²) in [6, 6.07) is 44.7. The average Bonchev–Trinajstić information content (AvgIpc) is 3.68. The van der Waals surface area contributed by atoms with Crippen LogP contribution in [0.4, 0.5) is 4.39 Å². The molecule has 0 N–H and O–H groups in total. The molecule has 2 aromatic heterocycles. The first kappa shape index (κ1) is 38.0. The summed E-state index contributed by atoms with van der Waals surface area (Å²) >= 11 is 7.08. The summed E-state index contributed by atoms with van der Waals surface area (Å²) in [5.41, 5.74) is 8.04. The van der Waals surface area contributed by atoms with Gasteiger partial charge in [-0.05, 0) is 97.1 Å². The summed E-state index contributed by atoms with van der Waals surface area (Å²) in [6.45, 7) is 5.72. The van der Waals surface area contributed by atoms with Crippen LogP contribution in [0.1, 0.15) is 41.9 Å². The fraction of sp³-hybridized carbons (Fsp3) is 0.0930. The van der Waals surface area contributed by atoms with Crippen molar-refractivity contribution >= 4 is 88.0 Å². The van der Waals surface area contributed by atoms with E-state index in [1.165, 1.54) is 33.9 Å². The van der Waals surface area contributed by atoms with Crippen LogP contribution < -0.4 is 18.9 Å². The van der Waals surface area contributed by atoms with E-state index in [4.69, 9.17) is 1.37 Å². The van der Waals surface area contributed by atoms with E-state index in [9.17, 15) is 14.0 Å². The number of fused-ring (bicyclic) bond motifs is 6. The van der Waals surface area contributed by atoms with Gasteiger partial charge in [-0.15, -0.1) is 0 Å². The predicted molar refractivity (Wildman–Crippen MR) is 215 cm³/mol. The van der Waals surface area contributed by atoms with Gasteiger partial charge in [-0.3, -0.25) is 14.0 Å². The normalized spacial score (nSPS) is 10.6. The van der Waals surface area contributed by atoms with E-state index in [0.717, 1.165) is 55.4 Å². The Morgan fingerprint density at radius 1 is 0.608 bits per heavy atom. The van der Waals surface area contributed by atoms with Crippen molar-refractivity contribution in [3.63, 3.8) is 0 Å². The molecule has 2 heterocycles. The molecule has 0 radical (unpaired) electrons. The number of aldehydes is 2. The maximum absolute atomic E-state index is 11.1. The fourth-order valence-corrected chi connectivity index (χ4v) is 6.48. The van der Waals surface area contributed by atoms with Crippen molar-refractivity contribution in [2.75, 3.05) is 7.15 Å². The standard InChI is InChI=1S/C20H13NO2.C18H11Br2N.C4H9.CH3F.Li/c22-12-14-5-8-16(9-6-14)21-19-4-2-1-3-17(19)18-11-15(13-23)7-10-20(18)21;19-12-5-8-14(9-6-12)21-17-4-2-1-3-15(17)16-11-13(20)7-10-18(16)21;1-3-4-2;1-2;/h1-13H;1-11H;1,3-4H2,2H3;1H3;/q;;-1;;+1/i;;;1D;. The van der Waals surface area contributed by atoms with Gasteiger partial charge >= 0.3 is 18.9 Å². The molecule has 4 nitrogen and oxygen atoms in total. The number of alkyl halides is 1. The number of benzene rings is 6. The second kappa shape index (κ2) is 18.8. The molecule has 0 spiro atoms. The van der Waals surface area contributed by atoms with Crippen LogP contribution in [0.25, 0.3) is 55.0 Å². The Morgan fingerprint density at radius 2 is 1.00 bits per heavy atom. The first-order chi connectivity index (χ1) is 24.9. The van der Waals surface area contributed by atoms with E-state index in [0.29, 0.717) is 11.1 Å². The van der Waals surface area contributed by atoms with E-state index in [-0.39, 0.29) is 18.9 Å². The molecule has 252 valence electrons. The summed E-state index contributed by atoms with van der Waals surface area (Å²) in [4.78, 5) is 22.0. The van der Waals surface area contributed by atoms with Crippen LogP contribution in [0, 0.1) is 6.92 Å². The van der Waals surface area contributed by atoms with Gasteiger partial charge in [0.05, 0.1) is 30.6 Å². The van der Waals surface area contributed by atoms with Crippen molar-refractivity contribution < 1.29 is 34.2 Å². The van der Waals surface area contributed by atoms with Crippen LogP contribution in [-0.2, 0) is 0 Å². The van der Waals surface area contributed by atoms with E-state index in [1.54, 1.807) is 0 Å². The topological polar surface area (TPSA) is 44.0 Å². The van der Waals surface area contributed by atoms with Crippen molar-refractivity contribution in [2.45, 2.75) is 19.8 Å². The minimum Gasteiger partial charge on any atom is -0.343 e. The molecule has 0 aliphatic rings. The second-order valence-electron chi connectivity index (χ2n) is 11.3. The molecule has 0 atom stereocenters. The smallest absolute Gasteiger partial charge is 0.343 e. The number of nitrogens with zero attached hydrogens (tertiary/aromatic N) is 2. The molecule has 0 amide bonds. The SMILES string of the molecule is Brc1ccc(-n2c3ccccc3c3cc(Br)ccc32)cc1.O=Cc1ccc(-n2c3ccccc3c3cc(C=O)ccc32)cc1.[2H]CF.[CH2-]CCC.[Li+]. The van der Waals surface area contributed by atoms with Gasteiger partial charge in [0.1, 0.15) is 12.6 Å². The molecule has 0 aliphatic carbocycles. The molecule has 0 unspecified atom stereocenters. The molecule has 0 saturated heterocycles. The Balaban J connectivity index is 0.000000195. The summed E-state index contributed by atoms with van der Waals surface area (Å²) in [6.07, 6.45) is 3.98. The Hall–Kier alpha value is -4.25. The number of carbonyl (C=O) groups is 2. The predicted octanol–water partition coefficient (Wildman–Crippen LogP) is 9.93. The first-order valence-electron chi connectivity index (χ1n) is 16.7. The number of carbonyl (C=O) groups excluding carboxylic acids is 2. The number of halogens is 3. The Kier molecular flexibility index (Phi) is 14.0. The van der Waals surface area contributed by atoms with Gasteiger partial charge in [-0.2, -0.15) is 6.42 Å². The third-order valence-corrected chi connectivity index (χ3v) is 9.22. The Bertz CT molecular complexity index is 2410. The van der Waals surface area contributed by atoms with Crippen molar-refractivity contribution in [1.29, 1.82) is 0 Å². The molecule has 6 aromatic carbocycles. The maximum atomic E-state index is 11.1. The molecule has 0 aliphatic heterocycles. The van der Waals surface area contributed by atoms with Gasteiger partial charge in [0, 0.05) is 53.0 Å². The van der Waals surface area contributed by atoms with E-state index >= 15 is 0 Å². The minimum absolute atomic E-state index is 0. The van der Waals surface area contributed by atoms with Crippen LogP contribution >= 0.6 is 31.9 Å². The van der Waals surface area contributed by atoms with Gasteiger partial charge in [-0.1, -0.05) is 81.6 Å². The second-order valence-corrected chi connectivity index (χ2v) is 13.1. The Labute approximate surface area is 328 Å². The van der Waals surface area contributed by atoms with Gasteiger partial charge in [0.25, 0.3) is 0 Å². The summed E-state index contributed by atoms with van der Waals surface area (Å²) in [7, 11) is -1.00. The molecule has 8 rings (SSSR count). The molecule has 0 saturated carbocycles. The molecule has 8 heteroatoms. The van der Waals surface area contributed by atoms with Crippen molar-refractivity contribution in [3.05, 3.63) is 160 Å². The van der Waals surface area contributed by atoms with Gasteiger partial charge < -0.3 is 16.1 Å². The van der Waals surface area contributed by atoms with Crippen LogP contribution in [0.15, 0.2) is 142 Å². The van der Waals surface area contributed by atoms with Crippen molar-refractivity contribution in [2.24, 2.45) is 0 Å². The third-order valence-electron chi connectivity index (χ3n) is 8.19. The van der Waals surface area contributed by atoms with E-state index in [2.05, 4.69) is 134 Å². The maximum Gasteiger partial charge on any atom is 1.00 e. The third kappa shape index (κ3) is 8.63. The molecular weight excluding hydrogens is 762 g/mol. The summed E-state index contributed by atoms with van der Waals surface area (Å²) < 4.78 is 22.2. The zero-order valence-electron chi connectivity index (χ0n) is 29.5. The van der Waals surface area contributed by atoms with Crippen LogP contribution in [0.5, 0.6) is 0 Å². The van der Waals surface area contributed by atoms with Crippen molar-refractivity contribution in [1.82, 2.24) is 9.13 Å². The van der Waals surface area contributed by atoms with Crippen LogP contribution in [-0.4, -0.2) is 28.9 Å². The molecule has 8 aromatic rings. The zero-order valence-corrected chi connectivity index (χ0v) is 31.7. The van der Waals surface area contributed by atoms with Gasteiger partial charge in [0.15, 0.2) is 0 Å². The largest absolute Gasteiger partial charge is 1.00 e. The Morgan fingerprint density at radius 3 is 1.49 bits per heavy atom. The zero-order chi connectivity index (χ0) is 36.3. The number of unbranched alkanes of at least 4 members (excludes halogenated alkanes) is 1. The first-order valence-corrected chi connectivity index (χ1v) is 17.6. The summed E-state index contributed by atoms with van der Waals surface area (Å²) in [5.74, 6) is 0. The van der Waals surface area contributed by atoms with E-state index in [1.807, 2.05) is 54.6 Å². The average molecular weight is 800 g/mol. The molecule has 51 heavy (non-hydrogen) atoms. The number of aromatic nitrogens is 2. The van der Waals surface area contributed by atoms with Gasteiger partial charge in [0.2, 0.25) is 0 Å². The number of hydrogen-bond donors (Lipinski definition) is 0. The summed E-state index contributed by atoms with van der Waals surface area (Å²) in [5, 5.41) is 4.69. The monoisotopic (exact) mass is 797 g/mol. The number of rotatable bonds is 5. The minimum atomic E-state index is -1.00. The fourth-order valence-electron chi connectivity index (χ4n) is 5.86. The number of hydrogen-bond acceptors (Lipinski definition) is 2. The van der Waals surface area contributed by atoms with Crippen LogP contribution in [0.2, 0.25) is 0 Å². The molecular formula is C43H36Br2FLiN2O2.